The molecule has 22 heavy (non-hydrogen) atoms. The highest BCUT2D eigenvalue weighted by molar-refractivity contribution is 5.34. The first-order valence-electron chi connectivity index (χ1n) is 8.51. The standard InChI is InChI=1S/C18H30N2O2/c1-3-17(16-6-4-5-7-18(16)22)19-12-15(21)13-20-10-8-14(2)9-11-20/h4-7,14-15,17,19,21-22H,3,8-13H2,1-2H3. The number of nitrogens with zero attached hydrogens (tertiary/aromatic N) is 1. The van der Waals surface area contributed by atoms with Gasteiger partial charge in [-0.2, -0.15) is 0 Å². The van der Waals surface area contributed by atoms with Crippen LogP contribution in [0.2, 0.25) is 0 Å². The number of likely N-dealkylation sites (tertiary alicyclic amines) is 1. The average Bonchev–Trinajstić information content (AvgIpc) is 2.52. The van der Waals surface area contributed by atoms with E-state index in [9.17, 15) is 10.2 Å². The largest absolute Gasteiger partial charge is 0.508 e. The molecule has 124 valence electrons. The molecule has 1 aromatic carbocycles. The number of benzene rings is 1. The Bertz CT molecular complexity index is 444. The molecule has 0 radical (unpaired) electrons. The first-order valence-corrected chi connectivity index (χ1v) is 8.51. The lowest BCUT2D eigenvalue weighted by Crippen LogP contribution is -2.42. The normalized spacial score (nSPS) is 20.0. The third kappa shape index (κ3) is 4.97. The summed E-state index contributed by atoms with van der Waals surface area (Å²) < 4.78 is 0. The van der Waals surface area contributed by atoms with E-state index < -0.39 is 0 Å². The molecular weight excluding hydrogens is 276 g/mol. The summed E-state index contributed by atoms with van der Waals surface area (Å²) in [5, 5.41) is 23.6. The molecule has 2 atom stereocenters. The number of aliphatic hydroxyl groups excluding tert-OH is 1. The summed E-state index contributed by atoms with van der Waals surface area (Å²) >= 11 is 0. The Morgan fingerprint density at radius 1 is 1.27 bits per heavy atom. The van der Waals surface area contributed by atoms with Gasteiger partial charge in [-0.3, -0.25) is 0 Å². The van der Waals surface area contributed by atoms with E-state index >= 15 is 0 Å². The van der Waals surface area contributed by atoms with Gasteiger partial charge >= 0.3 is 0 Å². The van der Waals surface area contributed by atoms with Crippen LogP contribution in [0, 0.1) is 5.92 Å². The first kappa shape index (κ1) is 17.3. The number of nitrogens with one attached hydrogen (secondary N) is 1. The van der Waals surface area contributed by atoms with E-state index in [0.29, 0.717) is 12.3 Å². The number of aromatic hydroxyl groups is 1. The third-order valence-electron chi connectivity index (χ3n) is 4.67. The molecule has 0 aromatic heterocycles. The maximum absolute atomic E-state index is 10.3. The molecule has 0 spiro atoms. The van der Waals surface area contributed by atoms with E-state index in [4.69, 9.17) is 0 Å². The van der Waals surface area contributed by atoms with Crippen LogP contribution in [0.15, 0.2) is 24.3 Å². The van der Waals surface area contributed by atoms with Crippen LogP contribution in [-0.2, 0) is 0 Å². The van der Waals surface area contributed by atoms with Crippen molar-refractivity contribution in [2.45, 2.75) is 45.3 Å². The number of hydrogen-bond donors (Lipinski definition) is 3. The molecular formula is C18H30N2O2. The van der Waals surface area contributed by atoms with E-state index in [1.54, 1.807) is 6.07 Å². The number of aliphatic hydroxyl groups is 1. The Kier molecular flexibility index (Phi) is 6.68. The first-order chi connectivity index (χ1) is 10.6. The number of β-amino-alcohol motifs (C(OH)–C–C–N with tert-alkyl or cyclic N) is 1. The topological polar surface area (TPSA) is 55.7 Å². The second-order valence-electron chi connectivity index (χ2n) is 6.56. The Labute approximate surface area is 134 Å². The molecule has 0 bridgehead atoms. The monoisotopic (exact) mass is 306 g/mol. The maximum atomic E-state index is 10.3. The smallest absolute Gasteiger partial charge is 0.120 e. The molecule has 4 nitrogen and oxygen atoms in total. The fraction of sp³-hybridized carbons (Fsp3) is 0.667. The maximum Gasteiger partial charge on any atom is 0.120 e. The zero-order chi connectivity index (χ0) is 15.9. The van der Waals surface area contributed by atoms with Crippen molar-refractivity contribution in [1.29, 1.82) is 0 Å². The van der Waals surface area contributed by atoms with Crippen LogP contribution < -0.4 is 5.32 Å². The van der Waals surface area contributed by atoms with Gasteiger partial charge in [-0.1, -0.05) is 32.0 Å². The van der Waals surface area contributed by atoms with Crippen molar-refractivity contribution in [2.24, 2.45) is 5.92 Å². The molecule has 3 N–H and O–H groups in total. The molecule has 1 aliphatic rings. The van der Waals surface area contributed by atoms with Gasteiger partial charge < -0.3 is 20.4 Å². The zero-order valence-electron chi connectivity index (χ0n) is 13.8. The second-order valence-corrected chi connectivity index (χ2v) is 6.56. The van der Waals surface area contributed by atoms with Crippen LogP contribution in [0.1, 0.15) is 44.7 Å². The molecule has 2 rings (SSSR count). The number of phenolic OH excluding ortho intramolecular Hbond substituents is 1. The van der Waals surface area contributed by atoms with Crippen LogP contribution in [0.4, 0.5) is 0 Å². The van der Waals surface area contributed by atoms with Crippen LogP contribution in [0.25, 0.3) is 0 Å². The van der Waals surface area contributed by atoms with E-state index in [-0.39, 0.29) is 12.1 Å². The van der Waals surface area contributed by atoms with Gasteiger partial charge in [0, 0.05) is 24.7 Å². The van der Waals surface area contributed by atoms with Crippen molar-refractivity contribution in [3.05, 3.63) is 29.8 Å². The summed E-state index contributed by atoms with van der Waals surface area (Å²) in [4.78, 5) is 2.35. The quantitative estimate of drug-likeness (QED) is 0.724. The number of hydrogen-bond acceptors (Lipinski definition) is 4. The van der Waals surface area contributed by atoms with Crippen LogP contribution in [-0.4, -0.2) is 47.4 Å². The molecule has 0 amide bonds. The summed E-state index contributed by atoms with van der Waals surface area (Å²) in [6.07, 6.45) is 2.98. The van der Waals surface area contributed by atoms with Crippen molar-refractivity contribution in [3.8, 4) is 5.75 Å². The summed E-state index contributed by atoms with van der Waals surface area (Å²) in [5.41, 5.74) is 0.906. The summed E-state index contributed by atoms with van der Waals surface area (Å²) in [6, 6.07) is 7.50. The van der Waals surface area contributed by atoms with Crippen LogP contribution in [0.3, 0.4) is 0 Å². The van der Waals surface area contributed by atoms with Crippen molar-refractivity contribution in [2.75, 3.05) is 26.2 Å². The lowest BCUT2D eigenvalue weighted by molar-refractivity contribution is 0.0886. The second kappa shape index (κ2) is 8.51. The molecule has 4 heteroatoms. The number of piperidine rings is 1. The number of rotatable bonds is 7. The molecule has 1 aromatic rings. The highest BCUT2D eigenvalue weighted by Gasteiger charge is 2.19. The minimum Gasteiger partial charge on any atom is -0.508 e. The number of para-hydroxylation sites is 1. The number of phenols is 1. The van der Waals surface area contributed by atoms with E-state index in [1.807, 2.05) is 18.2 Å². The van der Waals surface area contributed by atoms with Gasteiger partial charge in [0.2, 0.25) is 0 Å². The zero-order valence-corrected chi connectivity index (χ0v) is 13.8. The lowest BCUT2D eigenvalue weighted by atomic mass is 9.99. The van der Waals surface area contributed by atoms with Gasteiger partial charge in [-0.15, -0.1) is 0 Å². The highest BCUT2D eigenvalue weighted by atomic mass is 16.3. The molecule has 1 heterocycles. The van der Waals surface area contributed by atoms with Crippen LogP contribution >= 0.6 is 0 Å². The molecule has 1 fully saturated rings. The van der Waals surface area contributed by atoms with Crippen molar-refractivity contribution < 1.29 is 10.2 Å². The Morgan fingerprint density at radius 3 is 2.59 bits per heavy atom. The van der Waals surface area contributed by atoms with Crippen molar-refractivity contribution in [1.82, 2.24) is 10.2 Å². The van der Waals surface area contributed by atoms with Gasteiger partial charge in [-0.05, 0) is 44.3 Å². The molecule has 0 saturated carbocycles. The minimum absolute atomic E-state index is 0.0808. The van der Waals surface area contributed by atoms with Gasteiger partial charge in [0.25, 0.3) is 0 Å². The highest BCUT2D eigenvalue weighted by Crippen LogP contribution is 2.25. The molecule has 1 saturated heterocycles. The SMILES string of the molecule is CCC(NCC(O)CN1CCC(C)CC1)c1ccccc1O. The van der Waals surface area contributed by atoms with E-state index in [2.05, 4.69) is 24.1 Å². The van der Waals surface area contributed by atoms with E-state index in [1.165, 1.54) is 12.8 Å². The Balaban J connectivity index is 1.79. The Morgan fingerprint density at radius 2 is 1.95 bits per heavy atom. The summed E-state index contributed by atoms with van der Waals surface area (Å²) in [5.74, 6) is 1.14. The van der Waals surface area contributed by atoms with E-state index in [0.717, 1.165) is 37.5 Å². The fourth-order valence-corrected chi connectivity index (χ4v) is 3.14. The van der Waals surface area contributed by atoms with Crippen molar-refractivity contribution in [3.63, 3.8) is 0 Å². The van der Waals surface area contributed by atoms with Gasteiger partial charge in [0.1, 0.15) is 5.75 Å². The van der Waals surface area contributed by atoms with Gasteiger partial charge in [0.05, 0.1) is 6.10 Å². The third-order valence-corrected chi connectivity index (χ3v) is 4.67. The average molecular weight is 306 g/mol. The van der Waals surface area contributed by atoms with Gasteiger partial charge in [-0.25, -0.2) is 0 Å². The fourth-order valence-electron chi connectivity index (χ4n) is 3.14. The molecule has 0 aliphatic carbocycles. The van der Waals surface area contributed by atoms with Crippen molar-refractivity contribution >= 4 is 0 Å². The predicted octanol–water partition coefficient (Wildman–Crippen LogP) is 2.53. The lowest BCUT2D eigenvalue weighted by Gasteiger charge is -2.32. The molecule has 2 unspecified atom stereocenters. The minimum atomic E-state index is -0.367. The Hall–Kier alpha value is -1.10. The predicted molar refractivity (Wildman–Crippen MR) is 90.0 cm³/mol. The molecule has 1 aliphatic heterocycles. The summed E-state index contributed by atoms with van der Waals surface area (Å²) in [7, 11) is 0. The summed E-state index contributed by atoms with van der Waals surface area (Å²) in [6.45, 7) is 7.86. The van der Waals surface area contributed by atoms with Crippen LogP contribution in [0.5, 0.6) is 5.75 Å². The van der Waals surface area contributed by atoms with Gasteiger partial charge in [0.15, 0.2) is 0 Å².